The van der Waals surface area contributed by atoms with E-state index in [1.807, 2.05) is 29.2 Å². The number of para-hydroxylation sites is 1. The van der Waals surface area contributed by atoms with Crippen molar-refractivity contribution in [3.63, 3.8) is 0 Å². The summed E-state index contributed by atoms with van der Waals surface area (Å²) in [6.07, 6.45) is 1.78. The molecule has 4 heteroatoms. The first-order chi connectivity index (χ1) is 10.1. The van der Waals surface area contributed by atoms with Gasteiger partial charge in [-0.05, 0) is 18.4 Å². The summed E-state index contributed by atoms with van der Waals surface area (Å²) >= 11 is 0. The SMILES string of the molecule is CCCC1NC(c2ccccc2OC)N(CC(C)C)C1=O. The Morgan fingerprint density at radius 3 is 2.67 bits per heavy atom. The van der Waals surface area contributed by atoms with Crippen molar-refractivity contribution in [1.29, 1.82) is 0 Å². The first kappa shape index (κ1) is 15.8. The Morgan fingerprint density at radius 2 is 2.05 bits per heavy atom. The fourth-order valence-corrected chi connectivity index (χ4v) is 2.91. The van der Waals surface area contributed by atoms with Crippen LogP contribution in [0.4, 0.5) is 0 Å². The summed E-state index contributed by atoms with van der Waals surface area (Å²) in [5.74, 6) is 1.48. The van der Waals surface area contributed by atoms with Gasteiger partial charge in [-0.2, -0.15) is 0 Å². The van der Waals surface area contributed by atoms with Crippen LogP contribution in [-0.4, -0.2) is 30.5 Å². The largest absolute Gasteiger partial charge is 0.496 e. The Kier molecular flexibility index (Phi) is 5.23. The van der Waals surface area contributed by atoms with Gasteiger partial charge < -0.3 is 9.64 Å². The predicted octanol–water partition coefficient (Wildman–Crippen LogP) is 2.95. The van der Waals surface area contributed by atoms with Crippen LogP contribution < -0.4 is 10.1 Å². The average Bonchev–Trinajstić information content (AvgIpc) is 2.76. The summed E-state index contributed by atoms with van der Waals surface area (Å²) in [5.41, 5.74) is 1.03. The molecule has 0 spiro atoms. The van der Waals surface area contributed by atoms with Gasteiger partial charge in [0, 0.05) is 12.1 Å². The van der Waals surface area contributed by atoms with Gasteiger partial charge in [-0.25, -0.2) is 0 Å². The summed E-state index contributed by atoms with van der Waals surface area (Å²) < 4.78 is 5.46. The highest BCUT2D eigenvalue weighted by Gasteiger charge is 2.40. The molecule has 4 nitrogen and oxygen atoms in total. The molecule has 1 N–H and O–H groups in total. The molecule has 0 saturated carbocycles. The topological polar surface area (TPSA) is 41.6 Å². The Morgan fingerprint density at radius 1 is 1.33 bits per heavy atom. The van der Waals surface area contributed by atoms with Crippen LogP contribution >= 0.6 is 0 Å². The van der Waals surface area contributed by atoms with E-state index in [2.05, 4.69) is 26.1 Å². The molecule has 21 heavy (non-hydrogen) atoms. The van der Waals surface area contributed by atoms with Crippen LogP contribution in [0.25, 0.3) is 0 Å². The van der Waals surface area contributed by atoms with Crippen molar-refractivity contribution in [2.24, 2.45) is 5.92 Å². The number of nitrogens with zero attached hydrogens (tertiary/aromatic N) is 1. The van der Waals surface area contributed by atoms with Crippen molar-refractivity contribution >= 4 is 5.91 Å². The molecule has 0 bridgehead atoms. The van der Waals surface area contributed by atoms with Crippen molar-refractivity contribution in [3.05, 3.63) is 29.8 Å². The highest BCUT2D eigenvalue weighted by Crippen LogP contribution is 2.33. The molecule has 2 unspecified atom stereocenters. The molecule has 1 aliphatic rings. The molecule has 1 aliphatic heterocycles. The maximum absolute atomic E-state index is 12.6. The molecular formula is C17H26N2O2. The fourth-order valence-electron chi connectivity index (χ4n) is 2.91. The fraction of sp³-hybridized carbons (Fsp3) is 0.588. The van der Waals surface area contributed by atoms with E-state index in [9.17, 15) is 4.79 Å². The zero-order valence-electron chi connectivity index (χ0n) is 13.4. The number of amides is 1. The third kappa shape index (κ3) is 3.38. The molecule has 1 aromatic rings. The molecule has 1 fully saturated rings. The van der Waals surface area contributed by atoms with E-state index < -0.39 is 0 Å². The number of carbonyl (C=O) groups excluding carboxylic acids is 1. The average molecular weight is 290 g/mol. The monoisotopic (exact) mass is 290 g/mol. The number of carbonyl (C=O) groups is 1. The number of hydrogen-bond acceptors (Lipinski definition) is 3. The smallest absolute Gasteiger partial charge is 0.241 e. The van der Waals surface area contributed by atoms with E-state index in [0.29, 0.717) is 5.92 Å². The summed E-state index contributed by atoms with van der Waals surface area (Å²) in [5, 5.41) is 3.48. The van der Waals surface area contributed by atoms with Crippen LogP contribution in [0, 0.1) is 5.92 Å². The Labute approximate surface area is 127 Å². The molecule has 116 valence electrons. The van der Waals surface area contributed by atoms with E-state index in [4.69, 9.17) is 4.74 Å². The number of nitrogens with one attached hydrogen (secondary N) is 1. The predicted molar refractivity (Wildman–Crippen MR) is 84.1 cm³/mol. The number of ether oxygens (including phenoxy) is 1. The minimum absolute atomic E-state index is 0.0799. The van der Waals surface area contributed by atoms with Crippen molar-refractivity contribution in [2.75, 3.05) is 13.7 Å². The third-order valence-electron chi connectivity index (χ3n) is 3.82. The summed E-state index contributed by atoms with van der Waals surface area (Å²) in [4.78, 5) is 14.6. The van der Waals surface area contributed by atoms with Gasteiger partial charge in [-0.3, -0.25) is 10.1 Å². The lowest BCUT2D eigenvalue weighted by Gasteiger charge is -2.27. The van der Waals surface area contributed by atoms with Crippen LogP contribution in [-0.2, 0) is 4.79 Å². The summed E-state index contributed by atoms with van der Waals surface area (Å²) in [6.45, 7) is 7.15. The first-order valence-corrected chi connectivity index (χ1v) is 7.77. The molecule has 0 radical (unpaired) electrons. The van der Waals surface area contributed by atoms with Gasteiger partial charge in [-0.15, -0.1) is 0 Å². The maximum Gasteiger partial charge on any atom is 0.241 e. The number of rotatable bonds is 6. The van der Waals surface area contributed by atoms with Crippen LogP contribution in [0.5, 0.6) is 5.75 Å². The molecule has 0 aromatic heterocycles. The lowest BCUT2D eigenvalue weighted by molar-refractivity contribution is -0.130. The van der Waals surface area contributed by atoms with Gasteiger partial charge in [0.15, 0.2) is 0 Å². The Hall–Kier alpha value is -1.55. The van der Waals surface area contributed by atoms with Crippen LogP contribution in [0.2, 0.25) is 0 Å². The van der Waals surface area contributed by atoms with E-state index >= 15 is 0 Å². The second kappa shape index (κ2) is 6.94. The van der Waals surface area contributed by atoms with Gasteiger partial charge in [0.1, 0.15) is 11.9 Å². The quantitative estimate of drug-likeness (QED) is 0.876. The molecule has 1 saturated heterocycles. The minimum Gasteiger partial charge on any atom is -0.496 e. The molecule has 0 aliphatic carbocycles. The van der Waals surface area contributed by atoms with E-state index in [0.717, 1.165) is 30.7 Å². The molecule has 2 atom stereocenters. The number of hydrogen-bond donors (Lipinski definition) is 1. The summed E-state index contributed by atoms with van der Waals surface area (Å²) in [7, 11) is 1.67. The van der Waals surface area contributed by atoms with Crippen LogP contribution in [0.15, 0.2) is 24.3 Å². The second-order valence-electron chi connectivity index (χ2n) is 6.04. The summed E-state index contributed by atoms with van der Waals surface area (Å²) in [6, 6.07) is 7.84. The van der Waals surface area contributed by atoms with Crippen molar-refractivity contribution in [2.45, 2.75) is 45.8 Å². The zero-order chi connectivity index (χ0) is 15.4. The second-order valence-corrected chi connectivity index (χ2v) is 6.04. The highest BCUT2D eigenvalue weighted by molar-refractivity contribution is 5.84. The molecular weight excluding hydrogens is 264 g/mol. The number of methoxy groups -OCH3 is 1. The lowest BCUT2D eigenvalue weighted by Crippen LogP contribution is -2.34. The van der Waals surface area contributed by atoms with Gasteiger partial charge in [0.2, 0.25) is 5.91 Å². The third-order valence-corrected chi connectivity index (χ3v) is 3.82. The zero-order valence-corrected chi connectivity index (χ0v) is 13.4. The van der Waals surface area contributed by atoms with Crippen molar-refractivity contribution in [3.8, 4) is 5.75 Å². The Balaban J connectivity index is 2.32. The van der Waals surface area contributed by atoms with Crippen molar-refractivity contribution < 1.29 is 9.53 Å². The lowest BCUT2D eigenvalue weighted by atomic mass is 10.1. The highest BCUT2D eigenvalue weighted by atomic mass is 16.5. The van der Waals surface area contributed by atoms with Gasteiger partial charge in [-0.1, -0.05) is 45.4 Å². The molecule has 1 heterocycles. The van der Waals surface area contributed by atoms with E-state index in [1.54, 1.807) is 7.11 Å². The molecule has 2 rings (SSSR count). The minimum atomic E-state index is -0.0902. The van der Waals surface area contributed by atoms with E-state index in [1.165, 1.54) is 0 Å². The molecule has 1 amide bonds. The van der Waals surface area contributed by atoms with Crippen LogP contribution in [0.1, 0.15) is 45.3 Å². The molecule has 1 aromatic carbocycles. The normalized spacial score (nSPS) is 22.1. The maximum atomic E-state index is 12.6. The van der Waals surface area contributed by atoms with Gasteiger partial charge >= 0.3 is 0 Å². The van der Waals surface area contributed by atoms with Crippen LogP contribution in [0.3, 0.4) is 0 Å². The van der Waals surface area contributed by atoms with Gasteiger partial charge in [0.25, 0.3) is 0 Å². The van der Waals surface area contributed by atoms with E-state index in [-0.39, 0.29) is 18.1 Å². The standard InChI is InChI=1S/C17H26N2O2/c1-5-8-14-17(20)19(11-12(2)3)16(18-14)13-9-6-7-10-15(13)21-4/h6-7,9-10,12,14,16,18H,5,8,11H2,1-4H3. The Bertz CT molecular complexity index is 487. The van der Waals surface area contributed by atoms with Gasteiger partial charge in [0.05, 0.1) is 13.2 Å². The number of benzene rings is 1. The first-order valence-electron chi connectivity index (χ1n) is 7.77. The van der Waals surface area contributed by atoms with Crippen molar-refractivity contribution in [1.82, 2.24) is 10.2 Å².